The molecule has 2 atom stereocenters. The molecule has 4 N–H and O–H groups in total. The maximum atomic E-state index is 12.7. The van der Waals surface area contributed by atoms with Gasteiger partial charge >= 0.3 is 7.12 Å². The van der Waals surface area contributed by atoms with Crippen LogP contribution in [-0.2, 0) is 9.31 Å². The van der Waals surface area contributed by atoms with Crippen LogP contribution in [0.3, 0.4) is 0 Å². The molecule has 1 fully saturated rings. The van der Waals surface area contributed by atoms with Gasteiger partial charge in [0.1, 0.15) is 9.75 Å². The number of benzene rings is 2. The maximum absolute atomic E-state index is 12.7. The standard InChI is InChI=1S/C24H17ClN6O2S.C19H13BrClN5O2S.C11H16BNO2/c1-12-9-27-20-19-14-4-7-18(30-16(14)5-6-17(19)34-21(20)22(32)29-12)33-23-15(11-28-24(25)31-23)13-3-2-8-26-10-13;1-8-6-22-15-14-9-2-5-13(28-18-10(20)7-23-19(21)26-18)25-11(9)3-4-12(14)29-16(15)17(27)24-8;1-10(2)11(3,4)15-12(14-10)9-6-5-7-13-8-9/h2-8,10-12,27H,9H2,1H3,(H,29,32);2-5,7-8,22H,6H2,1H3,(H,24,27);5-8H,1-4H3/t12-;8-;/m11./s1. The number of nitrogens with zero attached hydrogens (tertiary/aromatic N) is 8. The van der Waals surface area contributed by atoms with E-state index in [1.54, 1.807) is 43.1 Å². The van der Waals surface area contributed by atoms with Gasteiger partial charge in [-0.1, -0.05) is 12.1 Å². The number of hydrogen-bond donors (Lipinski definition) is 4. The number of thiophene rings is 2. The van der Waals surface area contributed by atoms with E-state index < -0.39 is 0 Å². The smallest absolute Gasteiger partial charge is 0.420 e. The summed E-state index contributed by atoms with van der Waals surface area (Å²) in [5.41, 5.74) is 5.07. The number of fused-ring (bicyclic) bond motifs is 10. The van der Waals surface area contributed by atoms with Crippen molar-refractivity contribution in [1.82, 2.24) is 50.5 Å². The van der Waals surface area contributed by atoms with Gasteiger partial charge in [-0.3, -0.25) is 19.6 Å². The average molecular weight is 1180 g/mol. The lowest BCUT2D eigenvalue weighted by Gasteiger charge is -2.32. The average Bonchev–Trinajstić information content (AvgIpc) is 4.02. The number of carbonyl (C=O) groups is 2. The van der Waals surface area contributed by atoms with Gasteiger partial charge in [0.2, 0.25) is 34.1 Å². The molecule has 24 heteroatoms. The highest BCUT2D eigenvalue weighted by Gasteiger charge is 2.51. The number of anilines is 2. The Bertz CT molecular complexity index is 3940. The highest BCUT2D eigenvalue weighted by molar-refractivity contribution is 9.10. The van der Waals surface area contributed by atoms with E-state index in [1.807, 2.05) is 102 Å². The highest BCUT2D eigenvalue weighted by atomic mass is 79.9. The van der Waals surface area contributed by atoms with E-state index in [1.165, 1.54) is 28.9 Å². The van der Waals surface area contributed by atoms with Crippen LogP contribution in [0, 0.1) is 0 Å². The van der Waals surface area contributed by atoms with Gasteiger partial charge in [-0.05, 0) is 129 Å². The lowest BCUT2D eigenvalue weighted by Crippen LogP contribution is -2.41. The van der Waals surface area contributed by atoms with Crippen LogP contribution >= 0.6 is 61.8 Å². The molecule has 0 aliphatic carbocycles. The molecule has 394 valence electrons. The van der Waals surface area contributed by atoms with Gasteiger partial charge in [-0.25, -0.2) is 19.9 Å². The minimum atomic E-state index is -0.302. The SMILES string of the molecule is CC1(C)OB(c2cccnc2)OC1(C)C.C[C@@H]1CNc2c(sc3ccc4nc(Oc5nc(Cl)ncc5-c5cccnc5)ccc4c23)C(=O)N1.C[C@@H]1CNc2c(sc3ccc4nc(Oc5nc(Cl)ncc5Br)ccc4c23)C(=O)N1. The Balaban J connectivity index is 0.000000133. The normalized spacial score (nSPS) is 17.2. The fourth-order valence-electron chi connectivity index (χ4n) is 8.77. The highest BCUT2D eigenvalue weighted by Crippen LogP contribution is 2.44. The molecular formula is C54H46BBrCl2N12O6S2. The van der Waals surface area contributed by atoms with Crippen molar-refractivity contribution >= 4 is 140 Å². The van der Waals surface area contributed by atoms with Gasteiger partial charge < -0.3 is 40.0 Å². The van der Waals surface area contributed by atoms with Gasteiger partial charge in [-0.2, -0.15) is 9.97 Å². The van der Waals surface area contributed by atoms with E-state index in [0.29, 0.717) is 44.6 Å². The molecule has 8 aromatic heterocycles. The molecule has 0 saturated carbocycles. The fraction of sp³-hybridized carbons (Fsp3) is 0.222. The van der Waals surface area contributed by atoms with Crippen LogP contribution in [0.5, 0.6) is 23.5 Å². The number of ether oxygens (including phenoxy) is 2. The molecule has 18 nitrogen and oxygen atoms in total. The second-order valence-electron chi connectivity index (χ2n) is 19.4. The molecule has 3 aliphatic heterocycles. The zero-order chi connectivity index (χ0) is 54.5. The van der Waals surface area contributed by atoms with Crippen LogP contribution in [0.15, 0.2) is 114 Å². The van der Waals surface area contributed by atoms with Crippen molar-refractivity contribution in [3.63, 3.8) is 0 Å². The monoisotopic (exact) mass is 1180 g/mol. The lowest BCUT2D eigenvalue weighted by molar-refractivity contribution is 0.00578. The number of halogens is 3. The Labute approximate surface area is 473 Å². The molecule has 78 heavy (non-hydrogen) atoms. The number of carbonyl (C=O) groups excluding carboxylic acids is 2. The van der Waals surface area contributed by atoms with Crippen molar-refractivity contribution in [2.24, 2.45) is 0 Å². The predicted octanol–water partition coefficient (Wildman–Crippen LogP) is 11.7. The van der Waals surface area contributed by atoms with Crippen LogP contribution in [0.2, 0.25) is 10.6 Å². The summed E-state index contributed by atoms with van der Waals surface area (Å²) in [7, 11) is -0.302. The van der Waals surface area contributed by atoms with Crippen molar-refractivity contribution in [3.8, 4) is 34.6 Å². The summed E-state index contributed by atoms with van der Waals surface area (Å²) >= 11 is 18.2. The number of rotatable bonds is 6. The van der Waals surface area contributed by atoms with E-state index in [9.17, 15) is 9.59 Å². The van der Waals surface area contributed by atoms with Gasteiger partial charge in [0.15, 0.2) is 0 Å². The molecule has 1 saturated heterocycles. The zero-order valence-corrected chi connectivity index (χ0v) is 47.2. The quantitative estimate of drug-likeness (QED) is 0.0898. The summed E-state index contributed by atoms with van der Waals surface area (Å²) in [5.74, 6) is 1.22. The lowest BCUT2D eigenvalue weighted by atomic mass is 9.80. The molecule has 11 heterocycles. The maximum Gasteiger partial charge on any atom is 0.496 e. The van der Waals surface area contributed by atoms with Crippen LogP contribution in [0.25, 0.3) is 53.1 Å². The summed E-state index contributed by atoms with van der Waals surface area (Å²) in [6, 6.07) is 22.9. The van der Waals surface area contributed by atoms with Crippen LogP contribution < -0.4 is 36.2 Å². The van der Waals surface area contributed by atoms with Crippen molar-refractivity contribution in [1.29, 1.82) is 0 Å². The van der Waals surface area contributed by atoms with E-state index in [4.69, 9.17) is 47.0 Å². The molecule has 3 aliphatic rings. The number of amides is 2. The molecule has 2 aromatic carbocycles. The third-order valence-corrected chi connectivity index (χ3v) is 16.5. The van der Waals surface area contributed by atoms with E-state index >= 15 is 0 Å². The molecule has 0 radical (unpaired) electrons. The molecular weight excluding hydrogens is 1140 g/mol. The van der Waals surface area contributed by atoms with Gasteiger partial charge in [0.05, 0.1) is 43.6 Å². The Hall–Kier alpha value is -7.18. The first-order valence-electron chi connectivity index (χ1n) is 24.5. The molecule has 10 aromatic rings. The first-order chi connectivity index (χ1) is 37.5. The largest absolute Gasteiger partial charge is 0.496 e. The predicted molar refractivity (Wildman–Crippen MR) is 310 cm³/mol. The number of aromatic nitrogens is 8. The summed E-state index contributed by atoms with van der Waals surface area (Å²) in [6.07, 6.45) is 10.0. The summed E-state index contributed by atoms with van der Waals surface area (Å²) in [6.45, 7) is 13.5. The Morgan fingerprint density at radius 1 is 0.641 bits per heavy atom. The van der Waals surface area contributed by atoms with Gasteiger partial charge in [0, 0.05) is 116 Å². The molecule has 0 spiro atoms. The topological polar surface area (TPSA) is 222 Å². The van der Waals surface area contributed by atoms with E-state index in [-0.39, 0.29) is 64.5 Å². The van der Waals surface area contributed by atoms with Crippen molar-refractivity contribution in [3.05, 3.63) is 135 Å². The molecule has 13 rings (SSSR count). The molecule has 0 unspecified atom stereocenters. The van der Waals surface area contributed by atoms with E-state index in [2.05, 4.69) is 72.1 Å². The minimum absolute atomic E-state index is 0.0453. The number of pyridine rings is 4. The van der Waals surface area contributed by atoms with Crippen molar-refractivity contribution < 1.29 is 28.4 Å². The van der Waals surface area contributed by atoms with Crippen LogP contribution in [0.4, 0.5) is 11.4 Å². The van der Waals surface area contributed by atoms with Crippen molar-refractivity contribution in [2.75, 3.05) is 23.7 Å². The fourth-order valence-corrected chi connectivity index (χ4v) is 11.5. The zero-order valence-electron chi connectivity index (χ0n) is 42.5. The summed E-state index contributed by atoms with van der Waals surface area (Å²) in [4.78, 5) is 60.4. The number of nitrogens with one attached hydrogen (secondary N) is 4. The molecule has 0 bridgehead atoms. The third kappa shape index (κ3) is 10.7. The van der Waals surface area contributed by atoms with Crippen molar-refractivity contribution in [2.45, 2.75) is 64.8 Å². The Morgan fingerprint density at radius 3 is 1.68 bits per heavy atom. The summed E-state index contributed by atoms with van der Waals surface area (Å²) in [5, 5.41) is 16.9. The van der Waals surface area contributed by atoms with E-state index in [0.717, 1.165) is 64.4 Å². The van der Waals surface area contributed by atoms with Crippen LogP contribution in [-0.4, -0.2) is 95.2 Å². The van der Waals surface area contributed by atoms with Crippen LogP contribution in [0.1, 0.15) is 60.9 Å². The Morgan fingerprint density at radius 2 is 1.15 bits per heavy atom. The van der Waals surface area contributed by atoms with Gasteiger partial charge in [0.25, 0.3) is 11.8 Å². The molecule has 2 amide bonds. The number of hydrogen-bond acceptors (Lipinski definition) is 18. The first-order valence-corrected chi connectivity index (χ1v) is 27.7. The summed E-state index contributed by atoms with van der Waals surface area (Å²) < 4.78 is 26.2. The van der Waals surface area contributed by atoms with Gasteiger partial charge in [-0.15, -0.1) is 22.7 Å². The second kappa shape index (κ2) is 21.6. The third-order valence-electron chi connectivity index (χ3n) is 13.3. The first kappa shape index (κ1) is 52.9. The Kier molecular flexibility index (Phi) is 14.6. The minimum Gasteiger partial charge on any atom is -0.420 e. The second-order valence-corrected chi connectivity index (χ2v) is 23.0.